The van der Waals surface area contributed by atoms with Crippen molar-refractivity contribution in [2.45, 2.75) is 86.1 Å². The van der Waals surface area contributed by atoms with Crippen molar-refractivity contribution >= 4 is 5.91 Å². The number of nitrogens with zero attached hydrogens (tertiary/aromatic N) is 3. The van der Waals surface area contributed by atoms with E-state index in [9.17, 15) is 26.7 Å². The maximum atomic E-state index is 13.4. The third-order valence-electron chi connectivity index (χ3n) is 7.17. The van der Waals surface area contributed by atoms with E-state index in [-0.39, 0.29) is 28.6 Å². The fourth-order valence-corrected chi connectivity index (χ4v) is 4.69. The van der Waals surface area contributed by atoms with Gasteiger partial charge >= 0.3 is 12.8 Å². The molecular formula is C26H35F5N4O2. The Kier molecular flexibility index (Phi) is 8.85. The van der Waals surface area contributed by atoms with E-state index >= 15 is 0 Å². The van der Waals surface area contributed by atoms with Crippen LogP contribution in [-0.2, 0) is 13.0 Å². The van der Waals surface area contributed by atoms with Crippen LogP contribution in [0.1, 0.15) is 75.1 Å². The molecule has 11 heteroatoms. The number of hydrogen-bond acceptors (Lipinski definition) is 4. The van der Waals surface area contributed by atoms with Crippen molar-refractivity contribution in [3.8, 4) is 17.0 Å². The normalized spacial score (nSPS) is 18.8. The highest BCUT2D eigenvalue weighted by atomic mass is 19.4. The van der Waals surface area contributed by atoms with Gasteiger partial charge in [0, 0.05) is 43.0 Å². The van der Waals surface area contributed by atoms with E-state index in [4.69, 9.17) is 4.74 Å². The highest BCUT2D eigenvalue weighted by Crippen LogP contribution is 2.41. The maximum Gasteiger partial charge on any atom is 0.394 e. The van der Waals surface area contributed by atoms with Crippen LogP contribution in [0, 0.1) is 24.2 Å². The Morgan fingerprint density at radius 3 is 2.43 bits per heavy atom. The Bertz CT molecular complexity index is 1090. The van der Waals surface area contributed by atoms with Crippen LogP contribution in [0.25, 0.3) is 11.3 Å². The van der Waals surface area contributed by atoms with Gasteiger partial charge in [-0.15, -0.1) is 0 Å². The van der Waals surface area contributed by atoms with Crippen LogP contribution in [0.3, 0.4) is 0 Å². The smallest absolute Gasteiger partial charge is 0.394 e. The Morgan fingerprint density at radius 1 is 1.22 bits per heavy atom. The van der Waals surface area contributed by atoms with E-state index in [1.54, 1.807) is 13.8 Å². The van der Waals surface area contributed by atoms with Gasteiger partial charge in [-0.3, -0.25) is 14.5 Å². The molecular weight excluding hydrogens is 495 g/mol. The molecule has 1 N–H and O–H groups in total. The summed E-state index contributed by atoms with van der Waals surface area (Å²) in [4.78, 5) is 17.1. The molecule has 0 saturated heterocycles. The minimum Gasteiger partial charge on any atom is -0.434 e. The summed E-state index contributed by atoms with van der Waals surface area (Å²) < 4.78 is 72.9. The van der Waals surface area contributed by atoms with Crippen LogP contribution in [0.15, 0.2) is 12.3 Å². The predicted molar refractivity (Wildman–Crippen MR) is 129 cm³/mol. The molecule has 2 aromatic heterocycles. The molecule has 6 nitrogen and oxygen atoms in total. The number of pyridine rings is 1. The Labute approximate surface area is 214 Å². The fourth-order valence-electron chi connectivity index (χ4n) is 4.69. The highest BCUT2D eigenvalue weighted by Gasteiger charge is 2.47. The molecule has 2 aromatic rings. The van der Waals surface area contributed by atoms with Crippen molar-refractivity contribution < 1.29 is 31.5 Å². The lowest BCUT2D eigenvalue weighted by atomic mass is 9.83. The summed E-state index contributed by atoms with van der Waals surface area (Å²) in [5.74, 6) is 0.412. The van der Waals surface area contributed by atoms with Gasteiger partial charge in [0.1, 0.15) is 5.75 Å². The molecule has 0 atom stereocenters. The molecule has 0 bridgehead atoms. The molecule has 206 valence electrons. The summed E-state index contributed by atoms with van der Waals surface area (Å²) in [7, 11) is 0. The first kappa shape index (κ1) is 28.8. The minimum atomic E-state index is -4.51. The number of carbonyl (C=O) groups excluding carboxylic acids is 1. The number of rotatable bonds is 9. The minimum absolute atomic E-state index is 0.0401. The molecule has 1 amide bonds. The van der Waals surface area contributed by atoms with Crippen LogP contribution in [-0.4, -0.2) is 40.0 Å². The molecule has 0 radical (unpaired) electrons. The number of amides is 1. The Morgan fingerprint density at radius 2 is 1.86 bits per heavy atom. The van der Waals surface area contributed by atoms with E-state index in [0.29, 0.717) is 36.2 Å². The molecule has 1 aliphatic rings. The van der Waals surface area contributed by atoms with Gasteiger partial charge in [0.05, 0.1) is 16.7 Å². The van der Waals surface area contributed by atoms with Crippen molar-refractivity contribution in [1.29, 1.82) is 0 Å². The van der Waals surface area contributed by atoms with Crippen LogP contribution < -0.4 is 10.1 Å². The molecule has 0 aromatic carbocycles. The van der Waals surface area contributed by atoms with Crippen molar-refractivity contribution in [2.24, 2.45) is 17.3 Å². The van der Waals surface area contributed by atoms with Crippen LogP contribution in [0.2, 0.25) is 0 Å². The first-order valence-corrected chi connectivity index (χ1v) is 12.6. The summed E-state index contributed by atoms with van der Waals surface area (Å²) in [5.41, 5.74) is -1.08. The topological polar surface area (TPSA) is 69.0 Å². The van der Waals surface area contributed by atoms with Gasteiger partial charge in [-0.05, 0) is 38.5 Å². The van der Waals surface area contributed by atoms with Gasteiger partial charge in [0.25, 0.3) is 5.91 Å². The highest BCUT2D eigenvalue weighted by molar-refractivity contribution is 5.95. The van der Waals surface area contributed by atoms with E-state index in [1.165, 1.54) is 10.9 Å². The lowest BCUT2D eigenvalue weighted by molar-refractivity contribution is -0.211. The molecule has 3 rings (SSSR count). The largest absolute Gasteiger partial charge is 0.434 e. The first-order valence-electron chi connectivity index (χ1n) is 12.6. The summed E-state index contributed by atoms with van der Waals surface area (Å²) >= 11 is 0. The number of hydrogen-bond donors (Lipinski definition) is 1. The van der Waals surface area contributed by atoms with Gasteiger partial charge in [0.15, 0.2) is 5.69 Å². The summed E-state index contributed by atoms with van der Waals surface area (Å²) in [6.07, 6.45) is 0.538. The molecule has 0 unspecified atom stereocenters. The fraction of sp³-hybridized carbons (Fsp3) is 0.654. The monoisotopic (exact) mass is 530 g/mol. The molecule has 0 spiro atoms. The van der Waals surface area contributed by atoms with Gasteiger partial charge in [-0.25, -0.2) is 0 Å². The standard InChI is InChI=1S/C26H35F5N4O2/c1-6-35-22(16(3)21(34-35)23(36)33-13-17-9-7-15(2)8-10-17)19-14-32-18(11-20(19)37-24(27)28)12-25(4,5)26(29,30)31/h11,14-15,17,24H,6-10,12-13H2,1-5H3,(H,33,36). The maximum absolute atomic E-state index is 13.4. The van der Waals surface area contributed by atoms with Crippen molar-refractivity contribution in [3.63, 3.8) is 0 Å². The van der Waals surface area contributed by atoms with Crippen LogP contribution >= 0.6 is 0 Å². The predicted octanol–water partition coefficient (Wildman–Crippen LogP) is 6.56. The third-order valence-corrected chi connectivity index (χ3v) is 7.17. The number of aryl methyl sites for hydroxylation is 1. The van der Waals surface area contributed by atoms with Crippen molar-refractivity contribution in [3.05, 3.63) is 29.2 Å². The van der Waals surface area contributed by atoms with E-state index in [1.807, 2.05) is 0 Å². The summed E-state index contributed by atoms with van der Waals surface area (Å²) in [6.45, 7) is 5.34. The second-order valence-corrected chi connectivity index (χ2v) is 10.6. The summed E-state index contributed by atoms with van der Waals surface area (Å²) in [6, 6.07) is 1.10. The van der Waals surface area contributed by atoms with E-state index in [2.05, 4.69) is 22.3 Å². The number of alkyl halides is 5. The molecule has 37 heavy (non-hydrogen) atoms. The SMILES string of the molecule is CCn1nc(C(=O)NCC2CCC(C)CC2)c(C)c1-c1cnc(CC(C)(C)C(F)(F)F)cc1OC(F)F. The number of halogens is 5. The quantitative estimate of drug-likeness (QED) is 0.373. The lowest BCUT2D eigenvalue weighted by Crippen LogP contribution is -2.34. The number of ether oxygens (including phenoxy) is 1. The van der Waals surface area contributed by atoms with Gasteiger partial charge < -0.3 is 10.1 Å². The molecule has 1 aliphatic carbocycles. The second-order valence-electron chi connectivity index (χ2n) is 10.6. The molecule has 0 aliphatic heterocycles. The average molecular weight is 531 g/mol. The number of nitrogens with one attached hydrogen (secondary N) is 1. The molecule has 1 saturated carbocycles. The Hall–Kier alpha value is -2.72. The zero-order valence-electron chi connectivity index (χ0n) is 21.9. The number of carbonyl (C=O) groups is 1. The van der Waals surface area contributed by atoms with Gasteiger partial charge in [-0.1, -0.05) is 33.6 Å². The average Bonchev–Trinajstić information content (AvgIpc) is 3.13. The van der Waals surface area contributed by atoms with Crippen molar-refractivity contribution in [1.82, 2.24) is 20.1 Å². The molecule has 2 heterocycles. The third kappa shape index (κ3) is 6.78. The molecule has 1 fully saturated rings. The Balaban J connectivity index is 1.92. The van der Waals surface area contributed by atoms with Crippen LogP contribution in [0.5, 0.6) is 5.75 Å². The zero-order valence-corrected chi connectivity index (χ0v) is 21.9. The number of aromatic nitrogens is 3. The van der Waals surface area contributed by atoms with Crippen molar-refractivity contribution in [2.75, 3.05) is 6.54 Å². The first-order chi connectivity index (χ1) is 17.2. The van der Waals surface area contributed by atoms with Gasteiger partial charge in [-0.2, -0.15) is 27.1 Å². The van der Waals surface area contributed by atoms with Crippen LogP contribution in [0.4, 0.5) is 22.0 Å². The van der Waals surface area contributed by atoms with Gasteiger partial charge in [0.2, 0.25) is 0 Å². The summed E-state index contributed by atoms with van der Waals surface area (Å²) in [5, 5.41) is 7.35. The van der Waals surface area contributed by atoms with E-state index < -0.39 is 24.6 Å². The second kappa shape index (κ2) is 11.3. The zero-order chi connectivity index (χ0) is 27.5. The lowest BCUT2D eigenvalue weighted by Gasteiger charge is -2.27. The van der Waals surface area contributed by atoms with E-state index in [0.717, 1.165) is 45.6 Å².